The van der Waals surface area contributed by atoms with Gasteiger partial charge in [-0.15, -0.1) is 12.4 Å². The lowest BCUT2D eigenvalue weighted by Gasteiger charge is -2.14. The SMILES string of the molecule is COc1cccc(C=C2SC(=S)N(CCC(=O)OCCN(C)C)C2=O)c1.Cl. The lowest BCUT2D eigenvalue weighted by atomic mass is 10.2. The van der Waals surface area contributed by atoms with E-state index in [1.165, 1.54) is 16.7 Å². The molecule has 1 aliphatic rings. The van der Waals surface area contributed by atoms with Crippen molar-refractivity contribution in [2.75, 3.05) is 40.9 Å². The first-order valence-corrected chi connectivity index (χ1v) is 9.33. The lowest BCUT2D eigenvalue weighted by Crippen LogP contribution is -2.31. The molecule has 0 N–H and O–H groups in total. The average Bonchev–Trinajstić information content (AvgIpc) is 2.86. The quantitative estimate of drug-likeness (QED) is 0.357. The topological polar surface area (TPSA) is 59.1 Å². The van der Waals surface area contributed by atoms with Gasteiger partial charge in [0.1, 0.15) is 16.7 Å². The Hall–Kier alpha value is -1.61. The number of carbonyl (C=O) groups excluding carboxylic acids is 2. The van der Waals surface area contributed by atoms with Crippen LogP contribution in [-0.4, -0.2) is 66.9 Å². The van der Waals surface area contributed by atoms with Crippen LogP contribution < -0.4 is 4.74 Å². The summed E-state index contributed by atoms with van der Waals surface area (Å²) in [4.78, 5) is 28.2. The van der Waals surface area contributed by atoms with E-state index < -0.39 is 0 Å². The number of likely N-dealkylation sites (N-methyl/N-ethyl adjacent to an activating group) is 1. The zero-order valence-corrected chi connectivity index (χ0v) is 17.9. The molecule has 1 aliphatic heterocycles. The van der Waals surface area contributed by atoms with Gasteiger partial charge in [0, 0.05) is 13.1 Å². The second-order valence-electron chi connectivity index (χ2n) is 5.88. The first-order valence-electron chi connectivity index (χ1n) is 8.10. The van der Waals surface area contributed by atoms with E-state index in [9.17, 15) is 9.59 Å². The van der Waals surface area contributed by atoms with Crippen molar-refractivity contribution in [1.29, 1.82) is 0 Å². The smallest absolute Gasteiger partial charge is 0.307 e. The highest BCUT2D eigenvalue weighted by molar-refractivity contribution is 8.26. The van der Waals surface area contributed by atoms with Gasteiger partial charge in [-0.1, -0.05) is 36.1 Å². The molecule has 0 saturated carbocycles. The van der Waals surface area contributed by atoms with Gasteiger partial charge < -0.3 is 14.4 Å². The summed E-state index contributed by atoms with van der Waals surface area (Å²) in [6.07, 6.45) is 1.89. The minimum atomic E-state index is -0.335. The van der Waals surface area contributed by atoms with Crippen LogP contribution in [0.2, 0.25) is 0 Å². The van der Waals surface area contributed by atoms with Crippen LogP contribution in [0.1, 0.15) is 12.0 Å². The third-order valence-electron chi connectivity index (χ3n) is 3.61. The number of ether oxygens (including phenoxy) is 2. The lowest BCUT2D eigenvalue weighted by molar-refractivity contribution is -0.144. The van der Waals surface area contributed by atoms with Crippen LogP contribution >= 0.6 is 36.4 Å². The van der Waals surface area contributed by atoms with Gasteiger partial charge in [-0.3, -0.25) is 14.5 Å². The monoisotopic (exact) mass is 430 g/mol. The molecular formula is C18H23ClN2O4S2. The zero-order valence-electron chi connectivity index (χ0n) is 15.5. The molecule has 1 saturated heterocycles. The summed E-state index contributed by atoms with van der Waals surface area (Å²) in [5.41, 5.74) is 0.855. The highest BCUT2D eigenvalue weighted by Crippen LogP contribution is 2.33. The number of rotatable bonds is 8. The molecule has 9 heteroatoms. The number of carbonyl (C=O) groups is 2. The van der Waals surface area contributed by atoms with Gasteiger partial charge in [-0.25, -0.2) is 0 Å². The first kappa shape index (κ1) is 23.4. The maximum Gasteiger partial charge on any atom is 0.307 e. The number of methoxy groups -OCH3 is 1. The Morgan fingerprint density at radius 3 is 2.78 bits per heavy atom. The molecule has 27 heavy (non-hydrogen) atoms. The number of benzene rings is 1. The van der Waals surface area contributed by atoms with Crippen LogP contribution in [0.25, 0.3) is 6.08 Å². The highest BCUT2D eigenvalue weighted by atomic mass is 35.5. The van der Waals surface area contributed by atoms with Gasteiger partial charge in [-0.2, -0.15) is 0 Å². The number of hydrogen-bond acceptors (Lipinski definition) is 7. The molecule has 1 aromatic rings. The number of amides is 1. The molecule has 2 rings (SSSR count). The van der Waals surface area contributed by atoms with Crippen molar-refractivity contribution < 1.29 is 19.1 Å². The fourth-order valence-electron chi connectivity index (χ4n) is 2.19. The highest BCUT2D eigenvalue weighted by Gasteiger charge is 2.32. The minimum absolute atomic E-state index is 0. The van der Waals surface area contributed by atoms with E-state index in [1.807, 2.05) is 43.3 Å². The van der Waals surface area contributed by atoms with Crippen LogP contribution in [-0.2, 0) is 14.3 Å². The summed E-state index contributed by atoms with van der Waals surface area (Å²) in [5, 5.41) is 0. The number of halogens is 1. The van der Waals surface area contributed by atoms with E-state index in [2.05, 4.69) is 0 Å². The van der Waals surface area contributed by atoms with Crippen LogP contribution in [0.15, 0.2) is 29.2 Å². The van der Waals surface area contributed by atoms with Crippen molar-refractivity contribution in [2.45, 2.75) is 6.42 Å². The van der Waals surface area contributed by atoms with E-state index in [4.69, 9.17) is 21.7 Å². The van der Waals surface area contributed by atoms with Gasteiger partial charge in [0.25, 0.3) is 5.91 Å². The normalized spacial score (nSPS) is 15.3. The molecular weight excluding hydrogens is 408 g/mol. The predicted molar refractivity (Wildman–Crippen MR) is 114 cm³/mol. The minimum Gasteiger partial charge on any atom is -0.497 e. The third-order valence-corrected chi connectivity index (χ3v) is 4.98. The summed E-state index contributed by atoms with van der Waals surface area (Å²) >= 11 is 6.51. The molecule has 0 radical (unpaired) electrons. The van der Waals surface area contributed by atoms with Crippen molar-refractivity contribution in [3.8, 4) is 5.75 Å². The first-order chi connectivity index (χ1) is 12.4. The number of nitrogens with zero attached hydrogens (tertiary/aromatic N) is 2. The van der Waals surface area contributed by atoms with Crippen molar-refractivity contribution in [3.63, 3.8) is 0 Å². The number of thiocarbonyl (C=S) groups is 1. The Morgan fingerprint density at radius 2 is 2.11 bits per heavy atom. The molecule has 0 atom stereocenters. The largest absolute Gasteiger partial charge is 0.497 e. The molecule has 1 amide bonds. The van der Waals surface area contributed by atoms with Crippen molar-refractivity contribution in [3.05, 3.63) is 34.7 Å². The predicted octanol–water partition coefficient (Wildman–Crippen LogP) is 2.81. The Balaban J connectivity index is 0.00000364. The van der Waals surface area contributed by atoms with Crippen molar-refractivity contribution >= 4 is 58.7 Å². The number of esters is 1. The molecule has 1 fully saturated rings. The Morgan fingerprint density at radius 1 is 1.37 bits per heavy atom. The van der Waals surface area contributed by atoms with Crippen molar-refractivity contribution in [2.24, 2.45) is 0 Å². The molecule has 148 valence electrons. The number of hydrogen-bond donors (Lipinski definition) is 0. The summed E-state index contributed by atoms with van der Waals surface area (Å²) in [6, 6.07) is 7.42. The Bertz CT molecular complexity index is 725. The maximum absolute atomic E-state index is 12.5. The fraction of sp³-hybridized carbons (Fsp3) is 0.389. The second-order valence-corrected chi connectivity index (χ2v) is 7.56. The van der Waals surface area contributed by atoms with E-state index in [0.29, 0.717) is 22.4 Å². The summed E-state index contributed by atoms with van der Waals surface area (Å²) in [5.74, 6) is 0.191. The summed E-state index contributed by atoms with van der Waals surface area (Å²) in [6.45, 7) is 1.22. The molecule has 0 aliphatic carbocycles. The van der Waals surface area contributed by atoms with E-state index >= 15 is 0 Å². The molecule has 1 aromatic carbocycles. The third kappa shape index (κ3) is 7.14. The van der Waals surface area contributed by atoms with Gasteiger partial charge in [-0.05, 0) is 37.9 Å². The molecule has 1 heterocycles. The molecule has 0 aromatic heterocycles. The maximum atomic E-state index is 12.5. The van der Waals surface area contributed by atoms with Crippen LogP contribution in [0, 0.1) is 0 Å². The van der Waals surface area contributed by atoms with E-state index in [-0.39, 0.29) is 37.2 Å². The van der Waals surface area contributed by atoms with Gasteiger partial charge in [0.2, 0.25) is 0 Å². The summed E-state index contributed by atoms with van der Waals surface area (Å²) < 4.78 is 10.8. The molecule has 0 bridgehead atoms. The Labute approximate surface area is 175 Å². The molecule has 0 unspecified atom stereocenters. The van der Waals surface area contributed by atoms with Crippen LogP contribution in [0.3, 0.4) is 0 Å². The zero-order chi connectivity index (χ0) is 19.1. The van der Waals surface area contributed by atoms with Crippen molar-refractivity contribution in [1.82, 2.24) is 9.80 Å². The summed E-state index contributed by atoms with van der Waals surface area (Å²) in [7, 11) is 5.40. The van der Waals surface area contributed by atoms with E-state index in [0.717, 1.165) is 11.3 Å². The average molecular weight is 431 g/mol. The molecule has 6 nitrogen and oxygen atoms in total. The van der Waals surface area contributed by atoms with Crippen LogP contribution in [0.4, 0.5) is 0 Å². The fourth-order valence-corrected chi connectivity index (χ4v) is 3.50. The van der Waals surface area contributed by atoms with Gasteiger partial charge in [0.15, 0.2) is 0 Å². The number of thioether (sulfide) groups is 1. The second kappa shape index (κ2) is 11.3. The van der Waals surface area contributed by atoms with Crippen LogP contribution in [0.5, 0.6) is 5.75 Å². The van der Waals surface area contributed by atoms with Gasteiger partial charge >= 0.3 is 5.97 Å². The van der Waals surface area contributed by atoms with E-state index in [1.54, 1.807) is 13.2 Å². The standard InChI is InChI=1S/C18H22N2O4S2.ClH/c1-19(2)9-10-24-16(21)7-8-20-17(22)15(26-18(20)25)12-13-5-4-6-14(11-13)23-3;/h4-6,11-12H,7-10H2,1-3H3;1H. The Kier molecular flexibility index (Phi) is 9.79. The van der Waals surface area contributed by atoms with Gasteiger partial charge in [0.05, 0.1) is 18.4 Å². The molecule has 0 spiro atoms.